The van der Waals surface area contributed by atoms with Crippen molar-refractivity contribution in [1.29, 1.82) is 0 Å². The molecule has 0 spiro atoms. The molecule has 9 heteroatoms. The molecule has 1 aromatic carbocycles. The van der Waals surface area contributed by atoms with Crippen LogP contribution in [-0.4, -0.2) is 65.1 Å². The maximum absolute atomic E-state index is 10.9. The lowest BCUT2D eigenvalue weighted by Crippen LogP contribution is -2.37. The van der Waals surface area contributed by atoms with Crippen LogP contribution in [0.25, 0.3) is 0 Å². The summed E-state index contributed by atoms with van der Waals surface area (Å²) in [5, 5.41) is 16.2. The van der Waals surface area contributed by atoms with Crippen LogP contribution in [0.2, 0.25) is 0 Å². The predicted molar refractivity (Wildman–Crippen MR) is 180 cm³/mol. The van der Waals surface area contributed by atoms with Gasteiger partial charge in [-0.3, -0.25) is 0 Å². The van der Waals surface area contributed by atoms with E-state index in [9.17, 15) is 14.5 Å². The van der Waals surface area contributed by atoms with Gasteiger partial charge in [0.2, 0.25) is 0 Å². The Morgan fingerprint density at radius 3 is 2.16 bits per heavy atom. The lowest BCUT2D eigenvalue weighted by atomic mass is 9.87. The molecule has 0 aromatic heterocycles. The molecule has 0 amide bonds. The van der Waals surface area contributed by atoms with Gasteiger partial charge in [-0.05, 0) is 80.1 Å². The van der Waals surface area contributed by atoms with Crippen LogP contribution in [0.5, 0.6) is 5.75 Å². The number of carbonyl (C=O) groups is 1. The molecule has 1 rings (SSSR count). The summed E-state index contributed by atoms with van der Waals surface area (Å²) in [6.07, 6.45) is 15.6. The Labute approximate surface area is 267 Å². The normalized spacial score (nSPS) is 14.8. The zero-order valence-corrected chi connectivity index (χ0v) is 29.4. The van der Waals surface area contributed by atoms with Gasteiger partial charge in [0.15, 0.2) is 0 Å². The highest BCUT2D eigenvalue weighted by Crippen LogP contribution is 2.26. The summed E-state index contributed by atoms with van der Waals surface area (Å²) in [5.41, 5.74) is 1.50. The molecule has 4 atom stereocenters. The van der Waals surface area contributed by atoms with E-state index in [-0.39, 0.29) is 18.1 Å². The van der Waals surface area contributed by atoms with E-state index in [0.29, 0.717) is 19.1 Å². The van der Waals surface area contributed by atoms with Gasteiger partial charge in [0, 0.05) is 13.2 Å². The molecule has 0 fully saturated rings. The Balaban J connectivity index is 2.06. The number of benzene rings is 1. The van der Waals surface area contributed by atoms with Crippen molar-refractivity contribution >= 4 is 26.2 Å². The molecule has 4 unspecified atom stereocenters. The minimum atomic E-state index is -2.32. The molecule has 0 aliphatic rings. The van der Waals surface area contributed by atoms with Crippen molar-refractivity contribution in [3.05, 3.63) is 29.8 Å². The summed E-state index contributed by atoms with van der Waals surface area (Å²) in [6, 6.07) is 8.69. The Morgan fingerprint density at radius 2 is 1.53 bits per heavy atom. The Bertz CT molecular complexity index is 861. The number of aliphatic hydroxyl groups is 1. The molecule has 0 radical (unpaired) electrons. The van der Waals surface area contributed by atoms with Gasteiger partial charge in [-0.1, -0.05) is 89.3 Å². The Hall–Kier alpha value is -1.18. The number of carboxylic acid groups (broad SMARTS) is 1. The van der Waals surface area contributed by atoms with Gasteiger partial charge in [-0.15, -0.1) is 0 Å². The van der Waals surface area contributed by atoms with Gasteiger partial charge in [0.1, 0.15) is 12.4 Å². The number of unbranched alkanes of at least 4 members (excludes halogenated alkanes) is 7. The number of hydrogen-bond donors (Lipinski definition) is 2. The maximum Gasteiger partial charge on any atom is 0.390 e. The van der Waals surface area contributed by atoms with Crippen LogP contribution in [0.15, 0.2) is 24.3 Å². The van der Waals surface area contributed by atoms with Crippen LogP contribution in [0.4, 0.5) is 0 Å². The molecule has 248 valence electrons. The van der Waals surface area contributed by atoms with E-state index in [1.54, 1.807) is 0 Å². The van der Waals surface area contributed by atoms with Crippen molar-refractivity contribution in [3.63, 3.8) is 0 Å². The van der Waals surface area contributed by atoms with Crippen molar-refractivity contribution in [2.24, 2.45) is 0 Å². The van der Waals surface area contributed by atoms with Crippen molar-refractivity contribution in [1.82, 2.24) is 0 Å². The third-order valence-corrected chi connectivity index (χ3v) is 9.35. The molecule has 0 aliphatic carbocycles. The highest BCUT2D eigenvalue weighted by molar-refractivity contribution is 7.99. The average molecular weight is 644 g/mol. The molecule has 2 N–H and O–H groups in total. The monoisotopic (exact) mass is 643 g/mol. The van der Waals surface area contributed by atoms with Crippen molar-refractivity contribution < 1.29 is 33.8 Å². The maximum atomic E-state index is 10.9. The summed E-state index contributed by atoms with van der Waals surface area (Å²) in [6.45, 7) is 11.3. The van der Waals surface area contributed by atoms with Gasteiger partial charge in [0.05, 0.1) is 12.2 Å². The summed E-state index contributed by atoms with van der Waals surface area (Å²) >= 11 is 2.07. The van der Waals surface area contributed by atoms with Gasteiger partial charge in [-0.25, -0.2) is 4.79 Å². The zero-order chi connectivity index (χ0) is 32.0. The van der Waals surface area contributed by atoms with Crippen molar-refractivity contribution in [2.45, 2.75) is 141 Å². The predicted octanol–water partition coefficient (Wildman–Crippen LogP) is 8.77. The molecule has 0 saturated carbocycles. The molecular weight excluding hydrogens is 583 g/mol. The number of ether oxygens (including phenoxy) is 3. The van der Waals surface area contributed by atoms with E-state index >= 15 is 0 Å². The summed E-state index contributed by atoms with van der Waals surface area (Å²) in [7, 11) is -1.37. The van der Waals surface area contributed by atoms with Gasteiger partial charge < -0.3 is 24.4 Å². The fraction of sp³-hybridized carbons (Fsp3) is 0.794. The topological polar surface area (TPSA) is 102 Å². The molecule has 7 nitrogen and oxygen atoms in total. The van der Waals surface area contributed by atoms with Crippen LogP contribution < -0.4 is 4.74 Å². The molecule has 0 aliphatic heterocycles. The largest absolute Gasteiger partial charge is 0.490 e. The number of thioether (sulfide) groups is 1. The number of aliphatic carboxylic acids is 1. The molecule has 43 heavy (non-hydrogen) atoms. The second kappa shape index (κ2) is 23.2. The third-order valence-electron chi connectivity index (χ3n) is 7.56. The molecule has 0 bridgehead atoms. The lowest BCUT2D eigenvalue weighted by Gasteiger charge is -2.22. The minimum absolute atomic E-state index is 0.161. The molecule has 1 aromatic rings. The lowest BCUT2D eigenvalue weighted by molar-refractivity contribution is -0.154. The van der Waals surface area contributed by atoms with Gasteiger partial charge in [0.25, 0.3) is 0 Å². The second-order valence-corrected chi connectivity index (χ2v) is 14.9. The van der Waals surface area contributed by atoms with E-state index in [4.69, 9.17) is 19.3 Å². The highest BCUT2D eigenvalue weighted by Gasteiger charge is 2.46. The van der Waals surface area contributed by atoms with Crippen LogP contribution >= 0.6 is 20.2 Å². The number of hydrogen-bond acceptors (Lipinski definition) is 7. The molecule has 0 heterocycles. The fourth-order valence-electron chi connectivity index (χ4n) is 4.65. The van der Waals surface area contributed by atoms with E-state index in [1.165, 1.54) is 62.7 Å². The first kappa shape index (κ1) is 39.8. The Morgan fingerprint density at radius 1 is 0.884 bits per heavy atom. The second-order valence-electron chi connectivity index (χ2n) is 12.7. The van der Waals surface area contributed by atoms with Crippen LogP contribution in [-0.2, 0) is 24.2 Å². The van der Waals surface area contributed by atoms with E-state index in [0.717, 1.165) is 37.2 Å². The summed E-state index contributed by atoms with van der Waals surface area (Å²) in [4.78, 5) is 10.9. The smallest absolute Gasteiger partial charge is 0.390 e. The van der Waals surface area contributed by atoms with E-state index in [2.05, 4.69) is 70.6 Å². The fourth-order valence-corrected chi connectivity index (χ4v) is 5.94. The molecular formula is C34H60O7PS+. The number of rotatable bonds is 27. The van der Waals surface area contributed by atoms with Gasteiger partial charge in [-0.2, -0.15) is 11.8 Å². The standard InChI is InChI=1S/C34H59O7PS/c1-6-7-12-17-30(41-31-20-18-29(19-21-31)33(3,4)5)22-26-43-25-14-11-9-8-10-13-16-28(2)40-24-15-23-39-27-34(37,42-38)32(35)36/h18-21,28,30,37H,6-17,22-27H2,1-5H3,(H,35,36)/p+1. The van der Waals surface area contributed by atoms with Crippen LogP contribution in [0, 0.1) is 0 Å². The average Bonchev–Trinajstić information content (AvgIpc) is 2.97. The molecule has 0 saturated heterocycles. The quantitative estimate of drug-likeness (QED) is 0.0725. The SMILES string of the molecule is CCCCCC(CCSCCCCCCCCC(C)OCCCOCC(O)([PH+]=O)C(=O)O)Oc1ccc(C(C)(C)C)cc1. The highest BCUT2D eigenvalue weighted by atomic mass is 32.2. The summed E-state index contributed by atoms with van der Waals surface area (Å²) < 4.78 is 28.2. The van der Waals surface area contributed by atoms with E-state index in [1.807, 2.05) is 0 Å². The Kier molecular flexibility index (Phi) is 21.5. The first-order valence-corrected chi connectivity index (χ1v) is 18.5. The van der Waals surface area contributed by atoms with Gasteiger partial charge >= 0.3 is 19.8 Å². The van der Waals surface area contributed by atoms with Crippen LogP contribution in [0.3, 0.4) is 0 Å². The number of carboxylic acids is 1. The summed E-state index contributed by atoms with van der Waals surface area (Å²) in [5.74, 6) is 1.85. The van der Waals surface area contributed by atoms with Crippen molar-refractivity contribution in [3.8, 4) is 5.75 Å². The van der Waals surface area contributed by atoms with Crippen LogP contribution in [0.1, 0.15) is 124 Å². The minimum Gasteiger partial charge on any atom is -0.490 e. The van der Waals surface area contributed by atoms with E-state index < -0.39 is 26.4 Å². The first-order chi connectivity index (χ1) is 20.5. The zero-order valence-electron chi connectivity index (χ0n) is 27.5. The third kappa shape index (κ3) is 19.1. The van der Waals surface area contributed by atoms with Crippen molar-refractivity contribution in [2.75, 3.05) is 31.3 Å². The first-order valence-electron chi connectivity index (χ1n) is 16.4.